The molecule has 0 aromatic carbocycles. The summed E-state index contributed by atoms with van der Waals surface area (Å²) < 4.78 is 0. The van der Waals surface area contributed by atoms with E-state index in [-0.39, 0.29) is 5.91 Å². The van der Waals surface area contributed by atoms with Crippen LogP contribution in [0.2, 0.25) is 0 Å². The first kappa shape index (κ1) is 14.4. The molecule has 2 N–H and O–H groups in total. The quantitative estimate of drug-likeness (QED) is 0.787. The summed E-state index contributed by atoms with van der Waals surface area (Å²) in [6, 6.07) is 0. The first-order chi connectivity index (χ1) is 8.15. The van der Waals surface area contributed by atoms with Gasteiger partial charge in [0.05, 0.1) is 6.54 Å². The van der Waals surface area contributed by atoms with Gasteiger partial charge in [-0.3, -0.25) is 9.79 Å². The zero-order valence-electron chi connectivity index (χ0n) is 11.0. The number of nitrogens with one attached hydrogen (secondary N) is 2. The van der Waals surface area contributed by atoms with Crippen molar-refractivity contribution in [2.45, 2.75) is 33.6 Å². The van der Waals surface area contributed by atoms with E-state index in [0.29, 0.717) is 18.5 Å². The molecular weight excluding hydrogens is 234 g/mol. The second kappa shape index (κ2) is 6.89. The summed E-state index contributed by atoms with van der Waals surface area (Å²) in [5, 5.41) is 6.76. The van der Waals surface area contributed by atoms with Gasteiger partial charge in [-0.1, -0.05) is 25.6 Å². The smallest absolute Gasteiger partial charge is 0.239 e. The van der Waals surface area contributed by atoms with Crippen LogP contribution in [0.25, 0.3) is 0 Å². The van der Waals surface area contributed by atoms with Crippen molar-refractivity contribution in [1.29, 1.82) is 0 Å². The van der Waals surface area contributed by atoms with Gasteiger partial charge in [-0.15, -0.1) is 0 Å². The summed E-state index contributed by atoms with van der Waals surface area (Å²) in [6.07, 6.45) is 2.34. The first-order valence-corrected chi connectivity index (χ1v) is 7.32. The standard InChI is InChI=1S/C12H23N3OS/c1-4-12(5-2)8-15-11(17-9-12)14-7-10(16)13-6-3/h4-9H2,1-3H3,(H,13,16)(H,14,15). The Balaban J connectivity index is 2.38. The number of carbonyl (C=O) groups excluding carboxylic acids is 1. The van der Waals surface area contributed by atoms with Crippen molar-refractivity contribution in [3.05, 3.63) is 0 Å². The minimum atomic E-state index is 0.0265. The number of hydrogen-bond donors (Lipinski definition) is 2. The van der Waals surface area contributed by atoms with Crippen molar-refractivity contribution >= 4 is 22.8 Å². The maximum atomic E-state index is 11.3. The molecule has 1 heterocycles. The number of nitrogens with zero attached hydrogens (tertiary/aromatic N) is 1. The predicted molar refractivity (Wildman–Crippen MR) is 74.5 cm³/mol. The van der Waals surface area contributed by atoms with Crippen LogP contribution >= 0.6 is 11.8 Å². The van der Waals surface area contributed by atoms with Crippen LogP contribution in [0.15, 0.2) is 4.99 Å². The van der Waals surface area contributed by atoms with Gasteiger partial charge < -0.3 is 10.6 Å². The number of carbonyl (C=O) groups is 1. The summed E-state index contributed by atoms with van der Waals surface area (Å²) in [7, 11) is 0. The summed E-state index contributed by atoms with van der Waals surface area (Å²) in [4.78, 5) is 15.8. The molecule has 1 amide bonds. The molecule has 1 aliphatic heterocycles. The summed E-state index contributed by atoms with van der Waals surface area (Å²) in [5.74, 6) is 1.12. The lowest BCUT2D eigenvalue weighted by molar-refractivity contribution is -0.119. The van der Waals surface area contributed by atoms with E-state index in [1.54, 1.807) is 11.8 Å². The number of amidine groups is 1. The molecule has 0 aromatic rings. The molecular formula is C12H23N3OS. The number of amides is 1. The monoisotopic (exact) mass is 257 g/mol. The van der Waals surface area contributed by atoms with Crippen LogP contribution in [0.1, 0.15) is 33.6 Å². The molecule has 1 aliphatic rings. The van der Waals surface area contributed by atoms with Gasteiger partial charge in [0.25, 0.3) is 0 Å². The number of hydrogen-bond acceptors (Lipinski definition) is 4. The van der Waals surface area contributed by atoms with Gasteiger partial charge in [0.15, 0.2) is 5.17 Å². The van der Waals surface area contributed by atoms with Crippen LogP contribution in [0.4, 0.5) is 0 Å². The molecule has 5 heteroatoms. The van der Waals surface area contributed by atoms with E-state index in [1.165, 1.54) is 12.8 Å². The zero-order chi connectivity index (χ0) is 12.7. The summed E-state index contributed by atoms with van der Waals surface area (Å²) >= 11 is 1.74. The highest BCUT2D eigenvalue weighted by Crippen LogP contribution is 2.34. The van der Waals surface area contributed by atoms with Crippen molar-refractivity contribution in [2.24, 2.45) is 10.4 Å². The molecule has 0 unspecified atom stereocenters. The topological polar surface area (TPSA) is 53.5 Å². The van der Waals surface area contributed by atoms with E-state index in [9.17, 15) is 4.79 Å². The largest absolute Gasteiger partial charge is 0.356 e. The highest BCUT2D eigenvalue weighted by atomic mass is 32.2. The van der Waals surface area contributed by atoms with Crippen molar-refractivity contribution in [1.82, 2.24) is 10.6 Å². The van der Waals surface area contributed by atoms with Gasteiger partial charge in [0.1, 0.15) is 0 Å². The van der Waals surface area contributed by atoms with Crippen molar-refractivity contribution in [2.75, 3.05) is 25.4 Å². The van der Waals surface area contributed by atoms with Gasteiger partial charge in [-0.2, -0.15) is 0 Å². The van der Waals surface area contributed by atoms with Crippen LogP contribution in [0, 0.1) is 5.41 Å². The fraction of sp³-hybridized carbons (Fsp3) is 0.833. The maximum Gasteiger partial charge on any atom is 0.239 e. The van der Waals surface area contributed by atoms with Crippen LogP contribution in [0.3, 0.4) is 0 Å². The Labute approximate surface area is 108 Å². The molecule has 98 valence electrons. The van der Waals surface area contributed by atoms with E-state index < -0.39 is 0 Å². The zero-order valence-corrected chi connectivity index (χ0v) is 11.8. The minimum Gasteiger partial charge on any atom is -0.356 e. The predicted octanol–water partition coefficient (Wildman–Crippen LogP) is 1.62. The van der Waals surface area contributed by atoms with Crippen LogP contribution < -0.4 is 10.6 Å². The Kier molecular flexibility index (Phi) is 5.82. The number of rotatable bonds is 5. The van der Waals surface area contributed by atoms with Crippen LogP contribution in [-0.2, 0) is 4.79 Å². The van der Waals surface area contributed by atoms with E-state index in [2.05, 4.69) is 29.5 Å². The lowest BCUT2D eigenvalue weighted by atomic mass is 9.84. The highest BCUT2D eigenvalue weighted by molar-refractivity contribution is 8.13. The highest BCUT2D eigenvalue weighted by Gasteiger charge is 2.30. The lowest BCUT2D eigenvalue weighted by Gasteiger charge is -2.33. The molecule has 0 atom stereocenters. The summed E-state index contributed by atoms with van der Waals surface area (Å²) in [5.41, 5.74) is 0.363. The van der Waals surface area contributed by atoms with Crippen molar-refractivity contribution in [3.63, 3.8) is 0 Å². The maximum absolute atomic E-state index is 11.3. The number of thioether (sulfide) groups is 1. The number of aliphatic imine (C=N–C) groups is 1. The second-order valence-electron chi connectivity index (χ2n) is 4.42. The molecule has 1 rings (SSSR count). The van der Waals surface area contributed by atoms with Gasteiger partial charge in [-0.25, -0.2) is 0 Å². The molecule has 0 fully saturated rings. The summed E-state index contributed by atoms with van der Waals surface area (Å²) in [6.45, 7) is 8.26. The number of likely N-dealkylation sites (N-methyl/N-ethyl adjacent to an activating group) is 1. The van der Waals surface area contributed by atoms with Crippen LogP contribution in [-0.4, -0.2) is 36.5 Å². The van der Waals surface area contributed by atoms with E-state index in [4.69, 9.17) is 0 Å². The third-order valence-electron chi connectivity index (χ3n) is 3.35. The molecule has 0 bridgehead atoms. The average Bonchev–Trinajstić information content (AvgIpc) is 2.37. The SMILES string of the molecule is CCNC(=O)CNC1=NCC(CC)(CC)CS1. The van der Waals surface area contributed by atoms with Gasteiger partial charge >= 0.3 is 0 Å². The Hall–Kier alpha value is -0.710. The molecule has 0 aliphatic carbocycles. The van der Waals surface area contributed by atoms with Gasteiger partial charge in [0, 0.05) is 18.8 Å². The minimum absolute atomic E-state index is 0.0265. The fourth-order valence-corrected chi connectivity index (χ4v) is 3.02. The normalized spacial score (nSPS) is 18.4. The van der Waals surface area contributed by atoms with Gasteiger partial charge in [0.2, 0.25) is 5.91 Å². The molecule has 0 saturated heterocycles. The van der Waals surface area contributed by atoms with E-state index in [1.807, 2.05) is 6.92 Å². The van der Waals surface area contributed by atoms with Crippen molar-refractivity contribution < 1.29 is 4.79 Å². The van der Waals surface area contributed by atoms with Crippen molar-refractivity contribution in [3.8, 4) is 0 Å². The molecule has 0 spiro atoms. The molecule has 0 radical (unpaired) electrons. The van der Waals surface area contributed by atoms with E-state index >= 15 is 0 Å². The molecule has 0 aromatic heterocycles. The fourth-order valence-electron chi connectivity index (χ4n) is 1.75. The van der Waals surface area contributed by atoms with E-state index in [0.717, 1.165) is 17.5 Å². The third-order valence-corrected chi connectivity index (χ3v) is 4.65. The first-order valence-electron chi connectivity index (χ1n) is 6.33. The lowest BCUT2D eigenvalue weighted by Crippen LogP contribution is -2.39. The Morgan fingerprint density at radius 3 is 2.59 bits per heavy atom. The Bertz CT molecular complexity index is 287. The molecule has 17 heavy (non-hydrogen) atoms. The van der Waals surface area contributed by atoms with Crippen LogP contribution in [0.5, 0.6) is 0 Å². The average molecular weight is 257 g/mol. The second-order valence-corrected chi connectivity index (χ2v) is 5.39. The third kappa shape index (κ3) is 4.22. The Morgan fingerprint density at radius 2 is 2.12 bits per heavy atom. The molecule has 4 nitrogen and oxygen atoms in total. The Morgan fingerprint density at radius 1 is 1.41 bits per heavy atom. The molecule has 0 saturated carbocycles. The van der Waals surface area contributed by atoms with Gasteiger partial charge in [-0.05, 0) is 25.2 Å².